The fourth-order valence-electron chi connectivity index (χ4n) is 0.873. The van der Waals surface area contributed by atoms with E-state index in [2.05, 4.69) is 11.8 Å². The molecule has 0 atom stereocenters. The Morgan fingerprint density at radius 2 is 2.17 bits per heavy atom. The van der Waals surface area contributed by atoms with Crippen molar-refractivity contribution in [1.82, 2.24) is 0 Å². The Morgan fingerprint density at radius 1 is 1.42 bits per heavy atom. The van der Waals surface area contributed by atoms with Gasteiger partial charge in [0.2, 0.25) is 0 Å². The average Bonchev–Trinajstić information content (AvgIpc) is 2.08. The van der Waals surface area contributed by atoms with E-state index in [0.29, 0.717) is 5.88 Å². The van der Waals surface area contributed by atoms with Gasteiger partial charge in [0.05, 0.1) is 10.9 Å². The van der Waals surface area contributed by atoms with Crippen LogP contribution in [-0.4, -0.2) is 5.88 Å². The molecule has 0 saturated heterocycles. The quantitative estimate of drug-likeness (QED) is 0.444. The molecular formula is C10H8Cl2. The average molecular weight is 199 g/mol. The van der Waals surface area contributed by atoms with Crippen molar-refractivity contribution in [3.05, 3.63) is 34.3 Å². The van der Waals surface area contributed by atoms with Crippen LogP contribution >= 0.6 is 23.2 Å². The maximum Gasteiger partial charge on any atom is 0.0839 e. The molecule has 0 radical (unpaired) electrons. The van der Waals surface area contributed by atoms with E-state index in [-0.39, 0.29) is 0 Å². The molecular weight excluding hydrogens is 191 g/mol. The highest BCUT2D eigenvalue weighted by molar-refractivity contribution is 6.32. The standard InChI is InChI=1S/C10H8Cl2/c1-8-4-2-5-9(10(8)12)6-3-7-11/h2,4-5H,7H2,1H3. The number of alkyl halides is 1. The van der Waals surface area contributed by atoms with Crippen molar-refractivity contribution in [1.29, 1.82) is 0 Å². The predicted molar refractivity (Wildman–Crippen MR) is 53.8 cm³/mol. The first-order valence-electron chi connectivity index (χ1n) is 3.55. The lowest BCUT2D eigenvalue weighted by molar-refractivity contribution is 1.45. The van der Waals surface area contributed by atoms with Gasteiger partial charge in [0.15, 0.2) is 0 Å². The van der Waals surface area contributed by atoms with E-state index in [1.807, 2.05) is 25.1 Å². The Bertz CT molecular complexity index is 331. The molecule has 0 unspecified atom stereocenters. The highest BCUT2D eigenvalue weighted by Crippen LogP contribution is 2.18. The molecule has 0 aliphatic heterocycles. The van der Waals surface area contributed by atoms with Gasteiger partial charge in [0, 0.05) is 5.56 Å². The summed E-state index contributed by atoms with van der Waals surface area (Å²) in [5.74, 6) is 5.99. The van der Waals surface area contributed by atoms with Gasteiger partial charge in [-0.15, -0.1) is 11.6 Å². The number of aryl methyl sites for hydroxylation is 1. The minimum atomic E-state index is 0.338. The van der Waals surface area contributed by atoms with Crippen LogP contribution in [0.5, 0.6) is 0 Å². The maximum atomic E-state index is 5.98. The summed E-state index contributed by atoms with van der Waals surface area (Å²) >= 11 is 11.4. The largest absolute Gasteiger partial charge is 0.113 e. The Kier molecular flexibility index (Phi) is 3.47. The topological polar surface area (TPSA) is 0 Å². The second kappa shape index (κ2) is 4.40. The molecule has 0 aliphatic carbocycles. The first-order valence-corrected chi connectivity index (χ1v) is 4.47. The second-order valence-electron chi connectivity index (χ2n) is 2.37. The number of hydrogen-bond acceptors (Lipinski definition) is 0. The van der Waals surface area contributed by atoms with E-state index < -0.39 is 0 Å². The third-order valence-corrected chi connectivity index (χ3v) is 2.12. The Balaban J connectivity index is 3.08. The van der Waals surface area contributed by atoms with Gasteiger partial charge in [-0.2, -0.15) is 0 Å². The van der Waals surface area contributed by atoms with Crippen LogP contribution in [0.2, 0.25) is 5.02 Å². The highest BCUT2D eigenvalue weighted by atomic mass is 35.5. The molecule has 0 N–H and O–H groups in total. The highest BCUT2D eigenvalue weighted by Gasteiger charge is 1.97. The smallest absolute Gasteiger partial charge is 0.0839 e. The molecule has 0 aliphatic rings. The molecule has 0 aromatic heterocycles. The summed E-state index contributed by atoms with van der Waals surface area (Å²) in [7, 11) is 0. The van der Waals surface area contributed by atoms with E-state index in [9.17, 15) is 0 Å². The minimum Gasteiger partial charge on any atom is -0.113 e. The first-order chi connectivity index (χ1) is 5.75. The zero-order chi connectivity index (χ0) is 8.97. The van der Waals surface area contributed by atoms with E-state index in [4.69, 9.17) is 23.2 Å². The Morgan fingerprint density at radius 3 is 2.83 bits per heavy atom. The molecule has 1 rings (SSSR count). The summed E-state index contributed by atoms with van der Waals surface area (Å²) in [6, 6.07) is 5.77. The van der Waals surface area contributed by atoms with Gasteiger partial charge >= 0.3 is 0 Å². The summed E-state index contributed by atoms with van der Waals surface area (Å²) in [5.41, 5.74) is 1.88. The summed E-state index contributed by atoms with van der Waals surface area (Å²) in [5, 5.41) is 0.718. The van der Waals surface area contributed by atoms with Gasteiger partial charge in [-0.05, 0) is 18.6 Å². The molecule has 0 nitrogen and oxygen atoms in total. The first kappa shape index (κ1) is 9.45. The van der Waals surface area contributed by atoms with E-state index in [0.717, 1.165) is 16.1 Å². The second-order valence-corrected chi connectivity index (χ2v) is 3.02. The fourth-order valence-corrected chi connectivity index (χ4v) is 1.11. The van der Waals surface area contributed by atoms with Crippen LogP contribution in [0, 0.1) is 18.8 Å². The van der Waals surface area contributed by atoms with Crippen molar-refractivity contribution in [3.63, 3.8) is 0 Å². The van der Waals surface area contributed by atoms with Gasteiger partial charge in [-0.1, -0.05) is 35.6 Å². The molecule has 0 bridgehead atoms. The molecule has 62 valence electrons. The van der Waals surface area contributed by atoms with E-state index in [1.54, 1.807) is 0 Å². The number of halogens is 2. The Labute approximate surface area is 82.5 Å². The third kappa shape index (κ3) is 2.17. The van der Waals surface area contributed by atoms with Crippen molar-refractivity contribution < 1.29 is 0 Å². The molecule has 1 aromatic carbocycles. The number of rotatable bonds is 0. The van der Waals surface area contributed by atoms with Gasteiger partial charge < -0.3 is 0 Å². The van der Waals surface area contributed by atoms with Crippen LogP contribution in [0.1, 0.15) is 11.1 Å². The lowest BCUT2D eigenvalue weighted by Crippen LogP contribution is -1.80. The molecule has 0 fully saturated rings. The molecule has 0 spiro atoms. The summed E-state index contributed by atoms with van der Waals surface area (Å²) in [6.07, 6.45) is 0. The van der Waals surface area contributed by atoms with Crippen molar-refractivity contribution in [3.8, 4) is 11.8 Å². The van der Waals surface area contributed by atoms with Gasteiger partial charge in [-0.3, -0.25) is 0 Å². The van der Waals surface area contributed by atoms with Gasteiger partial charge in [-0.25, -0.2) is 0 Å². The lowest BCUT2D eigenvalue weighted by Gasteiger charge is -1.98. The number of hydrogen-bond donors (Lipinski definition) is 0. The van der Waals surface area contributed by atoms with Gasteiger partial charge in [0.25, 0.3) is 0 Å². The summed E-state index contributed by atoms with van der Waals surface area (Å²) in [4.78, 5) is 0. The van der Waals surface area contributed by atoms with Crippen molar-refractivity contribution in [2.24, 2.45) is 0 Å². The monoisotopic (exact) mass is 198 g/mol. The van der Waals surface area contributed by atoms with Crippen LogP contribution in [0.4, 0.5) is 0 Å². The maximum absolute atomic E-state index is 5.98. The lowest BCUT2D eigenvalue weighted by atomic mass is 10.1. The van der Waals surface area contributed by atoms with Crippen LogP contribution in [-0.2, 0) is 0 Å². The Hall–Kier alpha value is -0.640. The van der Waals surface area contributed by atoms with Crippen molar-refractivity contribution in [2.75, 3.05) is 5.88 Å². The van der Waals surface area contributed by atoms with E-state index in [1.165, 1.54) is 0 Å². The SMILES string of the molecule is Cc1cccc(C#CCCl)c1Cl. The normalized spacial score (nSPS) is 8.92. The molecule has 1 aromatic rings. The minimum absolute atomic E-state index is 0.338. The van der Waals surface area contributed by atoms with Crippen LogP contribution < -0.4 is 0 Å². The molecule has 0 saturated carbocycles. The zero-order valence-corrected chi connectivity index (χ0v) is 8.21. The predicted octanol–water partition coefficient (Wildman–Crippen LogP) is 3.24. The zero-order valence-electron chi connectivity index (χ0n) is 6.70. The number of benzene rings is 1. The van der Waals surface area contributed by atoms with Crippen molar-refractivity contribution >= 4 is 23.2 Å². The van der Waals surface area contributed by atoms with Gasteiger partial charge in [0.1, 0.15) is 0 Å². The fraction of sp³-hybridized carbons (Fsp3) is 0.200. The molecule has 12 heavy (non-hydrogen) atoms. The molecule has 0 heterocycles. The third-order valence-electron chi connectivity index (χ3n) is 1.48. The molecule has 2 heteroatoms. The van der Waals surface area contributed by atoms with Crippen LogP contribution in [0.3, 0.4) is 0 Å². The summed E-state index contributed by atoms with van der Waals surface area (Å²) < 4.78 is 0. The summed E-state index contributed by atoms with van der Waals surface area (Å²) in [6.45, 7) is 1.95. The van der Waals surface area contributed by atoms with Crippen LogP contribution in [0.15, 0.2) is 18.2 Å². The van der Waals surface area contributed by atoms with Crippen LogP contribution in [0.25, 0.3) is 0 Å². The van der Waals surface area contributed by atoms with Crippen molar-refractivity contribution in [2.45, 2.75) is 6.92 Å². The van der Waals surface area contributed by atoms with E-state index >= 15 is 0 Å². The molecule has 0 amide bonds.